The molecular formula is C42H83NO3. The van der Waals surface area contributed by atoms with E-state index >= 15 is 0 Å². The molecule has 46 heavy (non-hydrogen) atoms. The highest BCUT2D eigenvalue weighted by molar-refractivity contribution is 5.69. The maximum atomic E-state index is 12.1. The largest absolute Gasteiger partial charge is 0.464 e. The Labute approximate surface area is 288 Å². The molecule has 274 valence electrons. The van der Waals surface area contributed by atoms with E-state index in [-0.39, 0.29) is 12.6 Å². The molecule has 0 radical (unpaired) electrons. The lowest BCUT2D eigenvalue weighted by atomic mass is 10.0. The van der Waals surface area contributed by atoms with Gasteiger partial charge in [-0.05, 0) is 38.5 Å². The molecule has 3 N–H and O–H groups in total. The number of ether oxygens (including phenoxy) is 1. The van der Waals surface area contributed by atoms with Crippen LogP contribution in [-0.2, 0) is 9.53 Å². The molecule has 0 saturated carbocycles. The summed E-state index contributed by atoms with van der Waals surface area (Å²) in [5, 5.41) is 10.3. The van der Waals surface area contributed by atoms with Crippen molar-refractivity contribution in [3.05, 3.63) is 12.2 Å². The third kappa shape index (κ3) is 36.0. The number of carbonyl (C=O) groups excluding carboxylic acids is 1. The van der Waals surface area contributed by atoms with Crippen molar-refractivity contribution in [3.63, 3.8) is 0 Å². The topological polar surface area (TPSA) is 72.5 Å². The van der Waals surface area contributed by atoms with E-state index in [0.29, 0.717) is 12.8 Å². The second-order valence-corrected chi connectivity index (χ2v) is 14.4. The average Bonchev–Trinajstić information content (AvgIpc) is 3.06. The molecule has 0 bridgehead atoms. The molecule has 0 rings (SSSR count). The fourth-order valence-electron chi connectivity index (χ4n) is 6.36. The average molecular weight is 650 g/mol. The Morgan fingerprint density at radius 3 is 1.24 bits per heavy atom. The van der Waals surface area contributed by atoms with Crippen LogP contribution >= 0.6 is 0 Å². The van der Waals surface area contributed by atoms with Crippen molar-refractivity contribution in [2.45, 2.75) is 244 Å². The fourth-order valence-corrected chi connectivity index (χ4v) is 6.36. The van der Waals surface area contributed by atoms with Gasteiger partial charge >= 0.3 is 5.97 Å². The molecule has 0 spiro atoms. The predicted molar refractivity (Wildman–Crippen MR) is 202 cm³/mol. The van der Waals surface area contributed by atoms with Crippen molar-refractivity contribution in [1.29, 1.82) is 0 Å². The van der Waals surface area contributed by atoms with Crippen LogP contribution in [0.4, 0.5) is 0 Å². The van der Waals surface area contributed by atoms with Crippen LogP contribution in [-0.4, -0.2) is 29.8 Å². The van der Waals surface area contributed by atoms with Crippen molar-refractivity contribution in [1.82, 2.24) is 0 Å². The summed E-state index contributed by atoms with van der Waals surface area (Å²) in [6.45, 7) is 4.69. The molecular weight excluding hydrogens is 566 g/mol. The molecule has 0 fully saturated rings. The third-order valence-electron chi connectivity index (χ3n) is 9.68. The molecule has 4 heteroatoms. The second-order valence-electron chi connectivity index (χ2n) is 14.4. The molecule has 2 atom stereocenters. The zero-order chi connectivity index (χ0) is 33.6. The number of nitrogens with two attached hydrogens (primary N) is 1. The number of aliphatic hydroxyl groups excluding tert-OH is 1. The molecule has 0 aromatic rings. The molecule has 2 unspecified atom stereocenters. The van der Waals surface area contributed by atoms with Crippen LogP contribution in [0.3, 0.4) is 0 Å². The number of hydrogen-bond donors (Lipinski definition) is 2. The minimum absolute atomic E-state index is 0.133. The van der Waals surface area contributed by atoms with Gasteiger partial charge in [-0.3, -0.25) is 4.79 Å². The Kier molecular flexibility index (Phi) is 37.8. The molecule has 0 aromatic heterocycles. The van der Waals surface area contributed by atoms with E-state index < -0.39 is 12.1 Å². The van der Waals surface area contributed by atoms with Crippen LogP contribution in [0.25, 0.3) is 0 Å². The minimum atomic E-state index is -0.581. The lowest BCUT2D eigenvalue weighted by molar-refractivity contribution is -0.145. The predicted octanol–water partition coefficient (Wildman–Crippen LogP) is 13.1. The van der Waals surface area contributed by atoms with Gasteiger partial charge < -0.3 is 15.6 Å². The van der Waals surface area contributed by atoms with Gasteiger partial charge in [0.15, 0.2) is 0 Å². The van der Waals surface area contributed by atoms with Crippen molar-refractivity contribution in [3.8, 4) is 0 Å². The van der Waals surface area contributed by atoms with Crippen LogP contribution in [0.5, 0.6) is 0 Å². The van der Waals surface area contributed by atoms with Crippen LogP contribution in [0.2, 0.25) is 0 Å². The molecule has 0 aliphatic rings. The maximum Gasteiger partial charge on any atom is 0.305 e. The number of allylic oxidation sites excluding steroid dienone is 2. The van der Waals surface area contributed by atoms with E-state index in [0.717, 1.165) is 25.7 Å². The Balaban J connectivity index is 3.38. The first-order valence-corrected chi connectivity index (χ1v) is 20.9. The second kappa shape index (κ2) is 38.6. The number of esters is 1. The summed E-state index contributed by atoms with van der Waals surface area (Å²) in [7, 11) is 0. The number of unbranched alkanes of at least 4 members (excludes halogenated alkanes) is 29. The Bertz CT molecular complexity index is 622. The number of rotatable bonds is 38. The van der Waals surface area contributed by atoms with Gasteiger partial charge in [-0.25, -0.2) is 0 Å². The highest BCUT2D eigenvalue weighted by Gasteiger charge is 2.16. The van der Waals surface area contributed by atoms with Gasteiger partial charge in [-0.2, -0.15) is 0 Å². The molecule has 0 aliphatic carbocycles. The Morgan fingerprint density at radius 2 is 0.848 bits per heavy atom. The standard InChI is InChI=1S/C42H83NO3/c1-3-5-7-9-11-13-15-17-18-19-20-21-22-23-24-26-28-30-32-34-36-38-42(45)46-39-40(43)41(44)37-35-33-31-29-27-25-16-14-12-10-8-6-4-2/h17-18,40-41,44H,3-16,19-39,43H2,1-2H3. The van der Waals surface area contributed by atoms with E-state index in [4.69, 9.17) is 10.5 Å². The first kappa shape index (κ1) is 45.1. The smallest absolute Gasteiger partial charge is 0.305 e. The summed E-state index contributed by atoms with van der Waals surface area (Å²) in [4.78, 5) is 12.1. The van der Waals surface area contributed by atoms with Gasteiger partial charge in [0.25, 0.3) is 0 Å². The first-order valence-electron chi connectivity index (χ1n) is 20.9. The summed E-state index contributed by atoms with van der Waals surface area (Å²) >= 11 is 0. The van der Waals surface area contributed by atoms with E-state index in [1.165, 1.54) is 180 Å². The van der Waals surface area contributed by atoms with Gasteiger partial charge in [0.2, 0.25) is 0 Å². The van der Waals surface area contributed by atoms with E-state index in [9.17, 15) is 9.90 Å². The Morgan fingerprint density at radius 1 is 0.522 bits per heavy atom. The van der Waals surface area contributed by atoms with Crippen LogP contribution in [0, 0.1) is 0 Å². The normalized spacial score (nSPS) is 13.0. The minimum Gasteiger partial charge on any atom is -0.464 e. The van der Waals surface area contributed by atoms with E-state index in [2.05, 4.69) is 26.0 Å². The monoisotopic (exact) mass is 650 g/mol. The van der Waals surface area contributed by atoms with Crippen LogP contribution in [0.15, 0.2) is 12.2 Å². The molecule has 4 nitrogen and oxygen atoms in total. The molecule has 0 amide bonds. The zero-order valence-corrected chi connectivity index (χ0v) is 31.4. The SMILES string of the molecule is CCCCCCCCC=CCCCCCCCCCCCCCC(=O)OCC(N)C(O)CCCCCCCCCCCCCCC. The van der Waals surface area contributed by atoms with Gasteiger partial charge in [0.1, 0.15) is 6.61 Å². The summed E-state index contributed by atoms with van der Waals surface area (Å²) in [6, 6.07) is -0.474. The summed E-state index contributed by atoms with van der Waals surface area (Å²) in [5.41, 5.74) is 6.09. The molecule has 0 aromatic carbocycles. The van der Waals surface area contributed by atoms with Gasteiger partial charge in [0.05, 0.1) is 12.1 Å². The highest BCUT2D eigenvalue weighted by atomic mass is 16.5. The maximum absolute atomic E-state index is 12.1. The van der Waals surface area contributed by atoms with Crippen molar-refractivity contribution >= 4 is 5.97 Å². The quantitative estimate of drug-likeness (QED) is 0.0396. The van der Waals surface area contributed by atoms with Crippen LogP contribution in [0.1, 0.15) is 232 Å². The summed E-state index contributed by atoms with van der Waals surface area (Å²) < 4.78 is 5.36. The first-order chi connectivity index (χ1) is 22.6. The van der Waals surface area contributed by atoms with E-state index in [1.807, 2.05) is 0 Å². The number of carbonyl (C=O) groups is 1. The Hall–Kier alpha value is -0.870. The molecule has 0 heterocycles. The molecule has 0 aliphatic heterocycles. The van der Waals surface area contributed by atoms with Crippen molar-refractivity contribution < 1.29 is 14.6 Å². The summed E-state index contributed by atoms with van der Waals surface area (Å²) in [6.07, 6.45) is 47.4. The van der Waals surface area contributed by atoms with Crippen molar-refractivity contribution in [2.24, 2.45) is 5.73 Å². The van der Waals surface area contributed by atoms with Gasteiger partial charge in [0, 0.05) is 6.42 Å². The summed E-state index contributed by atoms with van der Waals surface area (Å²) in [5.74, 6) is -0.170. The third-order valence-corrected chi connectivity index (χ3v) is 9.68. The molecule has 0 saturated heterocycles. The number of hydrogen-bond acceptors (Lipinski definition) is 4. The van der Waals surface area contributed by atoms with Gasteiger partial charge in [-0.15, -0.1) is 0 Å². The fraction of sp³-hybridized carbons (Fsp3) is 0.929. The highest BCUT2D eigenvalue weighted by Crippen LogP contribution is 2.15. The van der Waals surface area contributed by atoms with E-state index in [1.54, 1.807) is 0 Å². The number of aliphatic hydroxyl groups is 1. The lowest BCUT2D eigenvalue weighted by Gasteiger charge is -2.18. The van der Waals surface area contributed by atoms with Gasteiger partial charge in [-0.1, -0.05) is 199 Å². The van der Waals surface area contributed by atoms with Crippen molar-refractivity contribution in [2.75, 3.05) is 6.61 Å². The zero-order valence-electron chi connectivity index (χ0n) is 31.4. The van der Waals surface area contributed by atoms with Crippen LogP contribution < -0.4 is 5.73 Å². The lowest BCUT2D eigenvalue weighted by Crippen LogP contribution is -2.39.